The summed E-state index contributed by atoms with van der Waals surface area (Å²) in [5.41, 5.74) is -0.400. The summed E-state index contributed by atoms with van der Waals surface area (Å²) in [5, 5.41) is 3.28. The molecule has 0 radical (unpaired) electrons. The van der Waals surface area contributed by atoms with Crippen molar-refractivity contribution < 1.29 is 9.53 Å². The first-order chi connectivity index (χ1) is 6.04. The van der Waals surface area contributed by atoms with Gasteiger partial charge in [-0.05, 0) is 39.8 Å². The summed E-state index contributed by atoms with van der Waals surface area (Å²) in [4.78, 5) is 11.7. The molecule has 2 fully saturated rings. The van der Waals surface area contributed by atoms with Crippen molar-refractivity contribution in [3.8, 4) is 0 Å². The zero-order chi connectivity index (χ0) is 9.53. The second-order valence-corrected chi connectivity index (χ2v) is 4.86. The third kappa shape index (κ3) is 1.46. The quantitative estimate of drug-likeness (QED) is 0.571. The highest BCUT2D eigenvalue weighted by Crippen LogP contribution is 2.45. The summed E-state index contributed by atoms with van der Waals surface area (Å²) < 4.78 is 5.38. The van der Waals surface area contributed by atoms with Crippen LogP contribution in [0.5, 0.6) is 0 Å². The molecule has 2 rings (SSSR count). The van der Waals surface area contributed by atoms with Crippen LogP contribution < -0.4 is 5.32 Å². The van der Waals surface area contributed by atoms with E-state index in [-0.39, 0.29) is 17.0 Å². The van der Waals surface area contributed by atoms with Crippen molar-refractivity contribution in [2.75, 3.05) is 13.1 Å². The van der Waals surface area contributed by atoms with Gasteiger partial charge in [0.15, 0.2) is 0 Å². The number of rotatable bonds is 0. The summed E-state index contributed by atoms with van der Waals surface area (Å²) in [6.07, 6.45) is 2.77. The van der Waals surface area contributed by atoms with Crippen LogP contribution in [0.15, 0.2) is 0 Å². The second kappa shape index (κ2) is 2.71. The molecule has 1 N–H and O–H groups in total. The van der Waals surface area contributed by atoms with E-state index in [2.05, 4.69) is 5.32 Å². The number of hydrogen-bond acceptors (Lipinski definition) is 3. The number of carbonyl (C=O) groups is 1. The van der Waals surface area contributed by atoms with Crippen molar-refractivity contribution in [2.24, 2.45) is 5.41 Å². The number of ether oxygens (including phenoxy) is 1. The van der Waals surface area contributed by atoms with Gasteiger partial charge in [0.2, 0.25) is 0 Å². The average molecular weight is 183 g/mol. The molecule has 2 aliphatic heterocycles. The van der Waals surface area contributed by atoms with Crippen molar-refractivity contribution in [1.29, 1.82) is 0 Å². The van der Waals surface area contributed by atoms with E-state index in [9.17, 15) is 4.79 Å². The molecule has 0 aliphatic carbocycles. The molecule has 0 atom stereocenters. The summed E-state index contributed by atoms with van der Waals surface area (Å²) in [5.74, 6) is 0.0269. The van der Waals surface area contributed by atoms with Gasteiger partial charge in [-0.15, -0.1) is 0 Å². The van der Waals surface area contributed by atoms with Gasteiger partial charge in [-0.25, -0.2) is 0 Å². The highest BCUT2D eigenvalue weighted by Gasteiger charge is 2.52. The van der Waals surface area contributed by atoms with Crippen LogP contribution in [-0.2, 0) is 9.53 Å². The van der Waals surface area contributed by atoms with Gasteiger partial charge in [0.1, 0.15) is 5.60 Å². The maximum Gasteiger partial charge on any atom is 0.312 e. The molecule has 74 valence electrons. The molecule has 0 unspecified atom stereocenters. The van der Waals surface area contributed by atoms with E-state index in [4.69, 9.17) is 4.74 Å². The van der Waals surface area contributed by atoms with Crippen LogP contribution in [0.3, 0.4) is 0 Å². The van der Waals surface area contributed by atoms with Crippen molar-refractivity contribution in [1.82, 2.24) is 5.32 Å². The lowest BCUT2D eigenvalue weighted by molar-refractivity contribution is -0.153. The Kier molecular flexibility index (Phi) is 1.88. The van der Waals surface area contributed by atoms with Gasteiger partial charge < -0.3 is 10.1 Å². The van der Waals surface area contributed by atoms with Gasteiger partial charge in [-0.2, -0.15) is 0 Å². The average Bonchev–Trinajstić information content (AvgIpc) is 2.23. The molecule has 13 heavy (non-hydrogen) atoms. The molecule has 0 aromatic heterocycles. The molecule has 0 aromatic rings. The van der Waals surface area contributed by atoms with Crippen molar-refractivity contribution >= 4 is 5.97 Å². The van der Waals surface area contributed by atoms with E-state index in [0.717, 1.165) is 32.4 Å². The topological polar surface area (TPSA) is 38.3 Å². The Labute approximate surface area is 78.8 Å². The Balaban J connectivity index is 2.18. The smallest absolute Gasteiger partial charge is 0.312 e. The van der Waals surface area contributed by atoms with E-state index in [1.165, 1.54) is 0 Å². The minimum absolute atomic E-state index is 0.0269. The maximum absolute atomic E-state index is 11.7. The predicted octanol–water partition coefficient (Wildman–Crippen LogP) is 1.08. The number of piperidine rings is 1. The number of esters is 1. The van der Waals surface area contributed by atoms with Crippen LogP contribution in [0.4, 0.5) is 0 Å². The van der Waals surface area contributed by atoms with E-state index >= 15 is 0 Å². The Morgan fingerprint density at radius 1 is 1.31 bits per heavy atom. The Morgan fingerprint density at radius 2 is 1.92 bits per heavy atom. The second-order valence-electron chi connectivity index (χ2n) is 4.86. The van der Waals surface area contributed by atoms with E-state index in [0.29, 0.717) is 0 Å². The van der Waals surface area contributed by atoms with Gasteiger partial charge in [-0.3, -0.25) is 4.79 Å². The zero-order valence-corrected chi connectivity index (χ0v) is 8.35. The normalized spacial score (nSPS) is 30.5. The predicted molar refractivity (Wildman–Crippen MR) is 49.3 cm³/mol. The summed E-state index contributed by atoms with van der Waals surface area (Å²) >= 11 is 0. The van der Waals surface area contributed by atoms with Gasteiger partial charge in [0.05, 0.1) is 5.41 Å². The summed E-state index contributed by atoms with van der Waals surface area (Å²) in [6.45, 7) is 5.90. The van der Waals surface area contributed by atoms with E-state index < -0.39 is 0 Å². The van der Waals surface area contributed by atoms with Crippen molar-refractivity contribution in [2.45, 2.75) is 38.7 Å². The third-order valence-corrected chi connectivity index (χ3v) is 3.13. The zero-order valence-electron chi connectivity index (χ0n) is 8.35. The molecule has 2 aliphatic rings. The molecule has 0 aromatic carbocycles. The van der Waals surface area contributed by atoms with E-state index in [1.807, 2.05) is 13.8 Å². The van der Waals surface area contributed by atoms with Crippen LogP contribution in [-0.4, -0.2) is 24.7 Å². The Hall–Kier alpha value is -0.570. The number of nitrogens with one attached hydrogen (secondary N) is 1. The van der Waals surface area contributed by atoms with Gasteiger partial charge >= 0.3 is 5.97 Å². The lowest BCUT2D eigenvalue weighted by atomic mass is 9.74. The first-order valence-electron chi connectivity index (χ1n) is 4.98. The molecule has 3 nitrogen and oxygen atoms in total. The molecule has 0 bridgehead atoms. The van der Waals surface area contributed by atoms with Crippen molar-refractivity contribution in [3.05, 3.63) is 0 Å². The highest BCUT2D eigenvalue weighted by molar-refractivity contribution is 5.79. The highest BCUT2D eigenvalue weighted by atomic mass is 16.6. The molecule has 3 heteroatoms. The fourth-order valence-corrected chi connectivity index (χ4v) is 2.57. The monoisotopic (exact) mass is 183 g/mol. The Morgan fingerprint density at radius 3 is 2.38 bits per heavy atom. The van der Waals surface area contributed by atoms with E-state index in [1.54, 1.807) is 0 Å². The molecule has 0 amide bonds. The van der Waals surface area contributed by atoms with Gasteiger partial charge in [-0.1, -0.05) is 0 Å². The molecule has 2 heterocycles. The minimum atomic E-state index is -0.242. The van der Waals surface area contributed by atoms with Gasteiger partial charge in [0, 0.05) is 6.42 Å². The van der Waals surface area contributed by atoms with Crippen molar-refractivity contribution in [3.63, 3.8) is 0 Å². The molecular formula is C10H17NO2. The Bertz CT molecular complexity index is 229. The largest absolute Gasteiger partial charge is 0.459 e. The van der Waals surface area contributed by atoms with Crippen LogP contribution in [0.25, 0.3) is 0 Å². The number of cyclic esters (lactones) is 1. The summed E-state index contributed by atoms with van der Waals surface area (Å²) in [6, 6.07) is 0. The fraction of sp³-hybridized carbons (Fsp3) is 0.900. The van der Waals surface area contributed by atoms with Crippen LogP contribution >= 0.6 is 0 Å². The first-order valence-corrected chi connectivity index (χ1v) is 4.98. The minimum Gasteiger partial charge on any atom is -0.459 e. The number of carbonyl (C=O) groups excluding carboxylic acids is 1. The molecule has 0 saturated carbocycles. The number of hydrogen-bond donors (Lipinski definition) is 1. The lowest BCUT2D eigenvalue weighted by Crippen LogP contribution is -2.39. The van der Waals surface area contributed by atoms with Crippen LogP contribution in [0.2, 0.25) is 0 Å². The van der Waals surface area contributed by atoms with Crippen LogP contribution in [0, 0.1) is 5.41 Å². The fourth-order valence-electron chi connectivity index (χ4n) is 2.57. The van der Waals surface area contributed by atoms with Crippen LogP contribution in [0.1, 0.15) is 33.1 Å². The third-order valence-electron chi connectivity index (χ3n) is 3.13. The molecular weight excluding hydrogens is 166 g/mol. The van der Waals surface area contributed by atoms with Gasteiger partial charge in [0.25, 0.3) is 0 Å². The summed E-state index contributed by atoms with van der Waals surface area (Å²) in [7, 11) is 0. The standard InChI is InChI=1S/C10H17NO2/c1-9(2)7-10(8(12)13-9)3-5-11-6-4-10/h11H,3-7H2,1-2H3. The SMILES string of the molecule is CC1(C)CC2(CCNCC2)C(=O)O1. The maximum atomic E-state index is 11.7. The lowest BCUT2D eigenvalue weighted by Gasteiger charge is -2.30. The molecule has 2 saturated heterocycles. The molecule has 1 spiro atoms. The first kappa shape index (κ1) is 9.00.